The number of nitrogens with one attached hydrogen (secondary N) is 2. The van der Waals surface area contributed by atoms with Crippen LogP contribution < -0.4 is 15.5 Å². The number of thiazole rings is 1. The third-order valence-corrected chi connectivity index (χ3v) is 6.58. The lowest BCUT2D eigenvalue weighted by atomic mass is 9.92. The number of amidine groups is 1. The van der Waals surface area contributed by atoms with Crippen molar-refractivity contribution in [3.05, 3.63) is 39.6 Å². The van der Waals surface area contributed by atoms with Gasteiger partial charge in [-0.1, -0.05) is 0 Å². The van der Waals surface area contributed by atoms with Crippen LogP contribution in [-0.4, -0.2) is 42.6 Å². The molecule has 1 saturated heterocycles. The van der Waals surface area contributed by atoms with Crippen molar-refractivity contribution >= 4 is 78.5 Å². The van der Waals surface area contributed by atoms with Crippen LogP contribution in [-0.2, 0) is 4.79 Å². The Morgan fingerprint density at radius 2 is 2.10 bits per heavy atom. The Bertz CT molecular complexity index is 946. The van der Waals surface area contributed by atoms with Crippen LogP contribution in [0.5, 0.6) is 0 Å². The van der Waals surface area contributed by atoms with Gasteiger partial charge in [0.05, 0.1) is 27.3 Å². The van der Waals surface area contributed by atoms with Gasteiger partial charge in [-0.2, -0.15) is 3.21 Å². The summed E-state index contributed by atoms with van der Waals surface area (Å²) in [5, 5.41) is 8.07. The number of hydrogen-bond donors (Lipinski definition) is 2. The fraction of sp³-hybridized carbons (Fsp3) is 0.333. The first-order valence-corrected chi connectivity index (χ1v) is 11.4. The number of hydrogen-bond acceptors (Lipinski definition) is 6. The molecule has 0 radical (unpaired) electrons. The molecule has 29 heavy (non-hydrogen) atoms. The van der Waals surface area contributed by atoms with Crippen molar-refractivity contribution in [1.82, 2.24) is 10.3 Å². The van der Waals surface area contributed by atoms with E-state index >= 15 is 0 Å². The second-order valence-corrected chi connectivity index (χ2v) is 8.58. The first kappa shape index (κ1) is 22.1. The maximum absolute atomic E-state index is 13.4. The molecule has 2 aromatic rings. The van der Waals surface area contributed by atoms with Crippen molar-refractivity contribution in [2.75, 3.05) is 30.4 Å². The summed E-state index contributed by atoms with van der Waals surface area (Å²) in [5.74, 6) is -0.555. The van der Waals surface area contributed by atoms with Crippen molar-refractivity contribution < 1.29 is 14.0 Å². The summed E-state index contributed by atoms with van der Waals surface area (Å²) in [4.78, 5) is 31.0. The van der Waals surface area contributed by atoms with Gasteiger partial charge in [0.1, 0.15) is 11.5 Å². The number of carbonyl (C=O) groups is 2. The summed E-state index contributed by atoms with van der Waals surface area (Å²) in [6, 6.07) is 4.45. The number of benzene rings is 1. The molecule has 0 aliphatic carbocycles. The molecule has 0 unspecified atom stereocenters. The van der Waals surface area contributed by atoms with E-state index in [1.54, 1.807) is 47.4 Å². The zero-order valence-corrected chi connectivity index (χ0v) is 20.0. The zero-order valence-electron chi connectivity index (χ0n) is 15.4. The van der Waals surface area contributed by atoms with E-state index in [0.717, 1.165) is 5.13 Å². The van der Waals surface area contributed by atoms with Crippen LogP contribution in [0.2, 0.25) is 0 Å². The lowest BCUT2D eigenvalue weighted by Gasteiger charge is -2.31. The van der Waals surface area contributed by atoms with Gasteiger partial charge in [-0.15, -0.1) is 11.3 Å². The van der Waals surface area contributed by atoms with Crippen molar-refractivity contribution in [3.8, 4) is 0 Å². The highest BCUT2D eigenvalue weighted by atomic mass is 127. The summed E-state index contributed by atoms with van der Waals surface area (Å²) >= 11 is 6.35. The maximum Gasteiger partial charge on any atom is 0.270 e. The molecule has 0 atom stereocenters. The number of rotatable bonds is 5. The van der Waals surface area contributed by atoms with Crippen molar-refractivity contribution in [1.29, 1.82) is 0 Å². The second-order valence-electron chi connectivity index (χ2n) is 6.41. The Morgan fingerprint density at radius 1 is 1.38 bits per heavy atom. The molecule has 1 aromatic heterocycles. The number of Topliss-reactive ketones (excluding diaryl/α,β-unsaturated/α-hetero) is 1. The lowest BCUT2D eigenvalue weighted by molar-refractivity contribution is -0.116. The molecule has 1 aliphatic rings. The molecule has 1 amide bonds. The summed E-state index contributed by atoms with van der Waals surface area (Å²) < 4.78 is 17.8. The Balaban J connectivity index is 1.60. The van der Waals surface area contributed by atoms with Gasteiger partial charge in [0, 0.05) is 37.1 Å². The summed E-state index contributed by atoms with van der Waals surface area (Å²) in [6.45, 7) is 1.35. The average molecular weight is 594 g/mol. The number of amides is 1. The van der Waals surface area contributed by atoms with Gasteiger partial charge in [0.15, 0.2) is 11.0 Å². The van der Waals surface area contributed by atoms with Gasteiger partial charge in [-0.25, -0.2) is 9.37 Å². The summed E-state index contributed by atoms with van der Waals surface area (Å²) in [6.07, 6.45) is 1.33. The van der Waals surface area contributed by atoms with E-state index in [1.165, 1.54) is 17.4 Å². The van der Waals surface area contributed by atoms with Gasteiger partial charge in [0.25, 0.3) is 5.91 Å². The van der Waals surface area contributed by atoms with E-state index in [2.05, 4.69) is 39.7 Å². The fourth-order valence-corrected chi connectivity index (χ4v) is 4.60. The Hall–Kier alpha value is -1.60. The van der Waals surface area contributed by atoms with Gasteiger partial charge < -0.3 is 15.5 Å². The molecule has 1 fully saturated rings. The van der Waals surface area contributed by atoms with E-state index in [1.807, 2.05) is 0 Å². The third-order valence-electron chi connectivity index (χ3n) is 4.59. The number of aromatic nitrogens is 1. The fourth-order valence-electron chi connectivity index (χ4n) is 3.00. The molecule has 154 valence electrons. The van der Waals surface area contributed by atoms with Gasteiger partial charge in [0.2, 0.25) is 5.78 Å². The minimum absolute atomic E-state index is 0.0651. The van der Waals surface area contributed by atoms with Crippen molar-refractivity contribution in [2.24, 2.45) is 9.12 Å². The van der Waals surface area contributed by atoms with Crippen LogP contribution in [0.3, 0.4) is 0 Å². The van der Waals surface area contributed by atoms with Crippen molar-refractivity contribution in [3.63, 3.8) is 0 Å². The maximum atomic E-state index is 13.4. The molecule has 11 heteroatoms. The topological polar surface area (TPSA) is 86.7 Å². The number of piperidine rings is 1. The molecule has 0 saturated carbocycles. The largest absolute Gasteiger partial charge is 0.354 e. The number of anilines is 2. The number of carbonyl (C=O) groups excluding carboxylic acids is 2. The van der Waals surface area contributed by atoms with Gasteiger partial charge in [-0.05, 0) is 47.0 Å². The summed E-state index contributed by atoms with van der Waals surface area (Å²) in [7, 11) is 1.57. The monoisotopic (exact) mass is 593 g/mol. The SMILES string of the molecule is CNC(=O)c1csc(N2CCC(C(=O)/C(=N/I)Nc3ccc(F)c(Br)c3)CC2)n1. The molecule has 0 spiro atoms. The first-order chi connectivity index (χ1) is 13.9. The highest BCUT2D eigenvalue weighted by Crippen LogP contribution is 2.27. The molecule has 1 aromatic carbocycles. The van der Waals surface area contributed by atoms with Gasteiger partial charge in [-0.3, -0.25) is 9.59 Å². The Morgan fingerprint density at radius 3 is 2.72 bits per heavy atom. The molecule has 3 rings (SSSR count). The van der Waals surface area contributed by atoms with Crippen LogP contribution >= 0.6 is 50.1 Å². The van der Waals surface area contributed by atoms with Gasteiger partial charge >= 0.3 is 0 Å². The minimum atomic E-state index is -0.371. The second kappa shape index (κ2) is 9.94. The molecular formula is C18H18BrFIN5O2S. The standard InChI is InChI=1S/C18H18BrFIN5O2S/c1-22-17(28)14-9-29-18(24-14)26-6-4-10(5-7-26)15(27)16(25-21)23-11-2-3-13(20)12(19)8-11/h2-3,8-10H,4-7H2,1H3,(H,22,28)(H,23,25). The zero-order chi connectivity index (χ0) is 21.0. The Labute approximate surface area is 193 Å². The molecular weight excluding hydrogens is 576 g/mol. The predicted octanol–water partition coefficient (Wildman–Crippen LogP) is 4.05. The van der Waals surface area contributed by atoms with E-state index in [4.69, 9.17) is 0 Å². The van der Waals surface area contributed by atoms with Crippen LogP contribution in [0.15, 0.2) is 31.3 Å². The van der Waals surface area contributed by atoms with Crippen LogP contribution in [0.1, 0.15) is 23.3 Å². The smallest absolute Gasteiger partial charge is 0.270 e. The van der Waals surface area contributed by atoms with E-state index in [0.29, 0.717) is 41.8 Å². The van der Waals surface area contributed by atoms with Crippen LogP contribution in [0.25, 0.3) is 0 Å². The minimum Gasteiger partial charge on any atom is -0.354 e. The van der Waals surface area contributed by atoms with Crippen LogP contribution in [0.4, 0.5) is 15.2 Å². The molecule has 7 nitrogen and oxygen atoms in total. The molecule has 2 heterocycles. The molecule has 1 aliphatic heterocycles. The average Bonchev–Trinajstić information content (AvgIpc) is 3.24. The number of nitrogens with zero attached hydrogens (tertiary/aromatic N) is 3. The van der Waals surface area contributed by atoms with Crippen LogP contribution in [0, 0.1) is 11.7 Å². The quantitative estimate of drug-likeness (QED) is 0.310. The van der Waals surface area contributed by atoms with Crippen molar-refractivity contribution in [2.45, 2.75) is 12.8 Å². The molecule has 0 bridgehead atoms. The highest BCUT2D eigenvalue weighted by Gasteiger charge is 2.29. The lowest BCUT2D eigenvalue weighted by Crippen LogP contribution is -2.39. The number of ketones is 1. The Kier molecular flexibility index (Phi) is 7.57. The third kappa shape index (κ3) is 5.31. The van der Waals surface area contributed by atoms with E-state index in [9.17, 15) is 14.0 Å². The summed E-state index contributed by atoms with van der Waals surface area (Å²) in [5.41, 5.74) is 0.990. The normalized spacial score (nSPS) is 15.3. The van der Waals surface area contributed by atoms with E-state index < -0.39 is 0 Å². The highest BCUT2D eigenvalue weighted by molar-refractivity contribution is 14.1. The number of halogens is 3. The van der Waals surface area contributed by atoms with E-state index in [-0.39, 0.29) is 29.3 Å². The molecule has 2 N–H and O–H groups in total. The first-order valence-electron chi connectivity index (χ1n) is 8.80. The predicted molar refractivity (Wildman–Crippen MR) is 125 cm³/mol.